The van der Waals surface area contributed by atoms with Crippen molar-refractivity contribution in [2.75, 3.05) is 39.0 Å². The zero-order valence-corrected chi connectivity index (χ0v) is 12.2. The van der Waals surface area contributed by atoms with Crippen molar-refractivity contribution in [2.24, 2.45) is 5.73 Å². The van der Waals surface area contributed by atoms with Crippen molar-refractivity contribution in [1.82, 2.24) is 9.62 Å². The molecular weight excluding hydrogens is 262 g/mol. The molecule has 0 aliphatic heterocycles. The lowest BCUT2D eigenvalue weighted by molar-refractivity contribution is 0.289. The van der Waals surface area contributed by atoms with E-state index in [-0.39, 0.29) is 0 Å². The predicted molar refractivity (Wildman–Crippen MR) is 78.5 cm³/mol. The zero-order valence-electron chi connectivity index (χ0n) is 11.4. The molecule has 1 aromatic carbocycles. The molecule has 19 heavy (non-hydrogen) atoms. The first-order valence-corrected chi connectivity index (χ1v) is 8.31. The largest absolute Gasteiger partial charge is 0.329 e. The van der Waals surface area contributed by atoms with Gasteiger partial charge in [-0.3, -0.25) is 0 Å². The number of hydrogen-bond donors (Lipinski definition) is 2. The molecule has 0 bridgehead atoms. The first-order valence-electron chi connectivity index (χ1n) is 6.42. The van der Waals surface area contributed by atoms with Gasteiger partial charge < -0.3 is 10.6 Å². The van der Waals surface area contributed by atoms with E-state index in [2.05, 4.69) is 21.8 Å². The van der Waals surface area contributed by atoms with E-state index in [0.29, 0.717) is 19.6 Å². The first kappa shape index (κ1) is 16.1. The molecule has 0 atom stereocenters. The van der Waals surface area contributed by atoms with Crippen molar-refractivity contribution in [2.45, 2.75) is 6.42 Å². The van der Waals surface area contributed by atoms with Crippen LogP contribution in [-0.2, 0) is 16.4 Å². The van der Waals surface area contributed by atoms with Gasteiger partial charge in [0, 0.05) is 32.7 Å². The van der Waals surface area contributed by atoms with E-state index < -0.39 is 10.0 Å². The van der Waals surface area contributed by atoms with Gasteiger partial charge in [0.25, 0.3) is 0 Å². The number of benzene rings is 1. The third-order valence-corrected chi connectivity index (χ3v) is 3.53. The number of nitrogens with zero attached hydrogens (tertiary/aromatic N) is 1. The maximum absolute atomic E-state index is 11.0. The molecule has 3 N–H and O–H groups in total. The first-order chi connectivity index (χ1) is 9.01. The van der Waals surface area contributed by atoms with Crippen LogP contribution in [0.5, 0.6) is 0 Å². The molecule has 108 valence electrons. The van der Waals surface area contributed by atoms with E-state index in [1.165, 1.54) is 11.8 Å². The highest BCUT2D eigenvalue weighted by Crippen LogP contribution is 2.01. The van der Waals surface area contributed by atoms with Gasteiger partial charge in [0.1, 0.15) is 0 Å². The second kappa shape index (κ2) is 8.27. The molecule has 0 heterocycles. The minimum atomic E-state index is -3.11. The highest BCUT2D eigenvalue weighted by atomic mass is 32.2. The zero-order chi connectivity index (χ0) is 14.1. The minimum absolute atomic E-state index is 0.424. The molecule has 0 amide bonds. The summed E-state index contributed by atoms with van der Waals surface area (Å²) in [4.78, 5) is 2.17. The van der Waals surface area contributed by atoms with Crippen LogP contribution in [0.4, 0.5) is 0 Å². The van der Waals surface area contributed by atoms with Crippen molar-refractivity contribution in [3.63, 3.8) is 0 Å². The van der Waals surface area contributed by atoms with Crippen molar-refractivity contribution in [3.8, 4) is 0 Å². The molecule has 0 spiro atoms. The van der Waals surface area contributed by atoms with Crippen LogP contribution in [0.15, 0.2) is 30.3 Å². The monoisotopic (exact) mass is 285 g/mol. The molecule has 1 aromatic rings. The molecule has 0 unspecified atom stereocenters. The van der Waals surface area contributed by atoms with Gasteiger partial charge >= 0.3 is 0 Å². The van der Waals surface area contributed by atoms with Gasteiger partial charge in [0.05, 0.1) is 6.26 Å². The number of rotatable bonds is 9. The van der Waals surface area contributed by atoms with Crippen molar-refractivity contribution in [3.05, 3.63) is 35.9 Å². The van der Waals surface area contributed by atoms with E-state index in [1.807, 2.05) is 18.2 Å². The SMILES string of the molecule is CS(=O)(=O)NCCN(CCN)CCc1ccccc1. The van der Waals surface area contributed by atoms with Gasteiger partial charge in [-0.15, -0.1) is 0 Å². The summed E-state index contributed by atoms with van der Waals surface area (Å²) >= 11 is 0. The highest BCUT2D eigenvalue weighted by molar-refractivity contribution is 7.88. The van der Waals surface area contributed by atoms with Gasteiger partial charge in [-0.2, -0.15) is 0 Å². The van der Waals surface area contributed by atoms with Crippen LogP contribution < -0.4 is 10.5 Å². The lowest BCUT2D eigenvalue weighted by Gasteiger charge is -2.21. The summed E-state index contributed by atoms with van der Waals surface area (Å²) < 4.78 is 24.5. The number of sulfonamides is 1. The lowest BCUT2D eigenvalue weighted by Crippen LogP contribution is -2.38. The van der Waals surface area contributed by atoms with E-state index >= 15 is 0 Å². The van der Waals surface area contributed by atoms with Gasteiger partial charge in [0.15, 0.2) is 0 Å². The molecule has 5 nitrogen and oxygen atoms in total. The number of nitrogens with two attached hydrogens (primary N) is 1. The predicted octanol–water partition coefficient (Wildman–Crippen LogP) is 0.0390. The van der Waals surface area contributed by atoms with E-state index in [0.717, 1.165) is 19.5 Å². The smallest absolute Gasteiger partial charge is 0.208 e. The Balaban J connectivity index is 2.36. The van der Waals surface area contributed by atoms with Gasteiger partial charge in [-0.1, -0.05) is 30.3 Å². The number of hydrogen-bond acceptors (Lipinski definition) is 4. The Morgan fingerprint density at radius 2 is 1.84 bits per heavy atom. The summed E-state index contributed by atoms with van der Waals surface area (Å²) in [5.74, 6) is 0. The number of nitrogens with one attached hydrogen (secondary N) is 1. The van der Waals surface area contributed by atoms with E-state index in [4.69, 9.17) is 5.73 Å². The average Bonchev–Trinajstić information content (AvgIpc) is 2.36. The van der Waals surface area contributed by atoms with Gasteiger partial charge in [-0.05, 0) is 12.0 Å². The van der Waals surface area contributed by atoms with E-state index in [1.54, 1.807) is 0 Å². The molecule has 0 radical (unpaired) electrons. The summed E-state index contributed by atoms with van der Waals surface area (Å²) in [6.45, 7) is 3.34. The second-order valence-corrected chi connectivity index (χ2v) is 6.37. The van der Waals surface area contributed by atoms with Crippen LogP contribution >= 0.6 is 0 Å². The molecule has 0 aliphatic rings. The minimum Gasteiger partial charge on any atom is -0.329 e. The second-order valence-electron chi connectivity index (χ2n) is 4.53. The van der Waals surface area contributed by atoms with Crippen molar-refractivity contribution < 1.29 is 8.42 Å². The van der Waals surface area contributed by atoms with E-state index in [9.17, 15) is 8.42 Å². The molecule has 0 aromatic heterocycles. The fourth-order valence-corrected chi connectivity index (χ4v) is 2.30. The quantitative estimate of drug-likeness (QED) is 0.672. The van der Waals surface area contributed by atoms with Crippen molar-refractivity contribution >= 4 is 10.0 Å². The van der Waals surface area contributed by atoms with Crippen LogP contribution in [0, 0.1) is 0 Å². The molecule has 0 saturated heterocycles. The molecule has 0 aliphatic carbocycles. The molecule has 0 fully saturated rings. The van der Waals surface area contributed by atoms with Crippen LogP contribution in [0.3, 0.4) is 0 Å². The molecule has 6 heteroatoms. The lowest BCUT2D eigenvalue weighted by atomic mass is 10.1. The molecule has 0 saturated carbocycles. The molecule has 1 rings (SSSR count). The Morgan fingerprint density at radius 3 is 2.42 bits per heavy atom. The van der Waals surface area contributed by atoms with Crippen LogP contribution in [-0.4, -0.2) is 52.3 Å². The summed E-state index contributed by atoms with van der Waals surface area (Å²) in [6.07, 6.45) is 2.12. The third-order valence-electron chi connectivity index (χ3n) is 2.80. The summed E-state index contributed by atoms with van der Waals surface area (Å²) in [5.41, 5.74) is 6.85. The summed E-state index contributed by atoms with van der Waals surface area (Å²) in [7, 11) is -3.11. The maximum Gasteiger partial charge on any atom is 0.208 e. The Labute approximate surface area is 115 Å². The Morgan fingerprint density at radius 1 is 1.16 bits per heavy atom. The normalized spacial score (nSPS) is 11.9. The molecular formula is C13H23N3O2S. The van der Waals surface area contributed by atoms with Crippen LogP contribution in [0.1, 0.15) is 5.56 Å². The third kappa shape index (κ3) is 7.94. The fraction of sp³-hybridized carbons (Fsp3) is 0.538. The summed E-state index contributed by atoms with van der Waals surface area (Å²) in [5, 5.41) is 0. The average molecular weight is 285 g/mol. The standard InChI is InChI=1S/C13H23N3O2S/c1-19(17,18)15-9-12-16(11-8-14)10-7-13-5-3-2-4-6-13/h2-6,15H,7-12,14H2,1H3. The maximum atomic E-state index is 11.0. The topological polar surface area (TPSA) is 75.4 Å². The Hall–Kier alpha value is -0.950. The Bertz CT molecular complexity index is 448. The Kier molecular flexibility index (Phi) is 7.01. The van der Waals surface area contributed by atoms with Crippen LogP contribution in [0.2, 0.25) is 0 Å². The van der Waals surface area contributed by atoms with Gasteiger partial charge in [0.2, 0.25) is 10.0 Å². The fourth-order valence-electron chi connectivity index (χ4n) is 1.84. The summed E-state index contributed by atoms with van der Waals surface area (Å²) in [6, 6.07) is 10.2. The highest BCUT2D eigenvalue weighted by Gasteiger charge is 2.06. The van der Waals surface area contributed by atoms with Crippen molar-refractivity contribution in [1.29, 1.82) is 0 Å². The van der Waals surface area contributed by atoms with Gasteiger partial charge in [-0.25, -0.2) is 13.1 Å². The van der Waals surface area contributed by atoms with Crippen LogP contribution in [0.25, 0.3) is 0 Å².